The van der Waals surface area contributed by atoms with Crippen LogP contribution in [0.4, 0.5) is 19.0 Å². The van der Waals surface area contributed by atoms with E-state index in [2.05, 4.69) is 9.97 Å². The van der Waals surface area contributed by atoms with Crippen LogP contribution in [0.15, 0.2) is 6.07 Å². The van der Waals surface area contributed by atoms with Crippen molar-refractivity contribution < 1.29 is 13.2 Å². The van der Waals surface area contributed by atoms with Gasteiger partial charge in [-0.3, -0.25) is 0 Å². The summed E-state index contributed by atoms with van der Waals surface area (Å²) < 4.78 is 37.9. The van der Waals surface area contributed by atoms with Gasteiger partial charge in [-0.1, -0.05) is 12.8 Å². The molecule has 0 aromatic carbocycles. The molecule has 0 bridgehead atoms. The number of aromatic nitrogens is 2. The fourth-order valence-electron chi connectivity index (χ4n) is 2.42. The van der Waals surface area contributed by atoms with Gasteiger partial charge in [0.25, 0.3) is 0 Å². The first-order valence-corrected chi connectivity index (χ1v) is 6.57. The Bertz CT molecular complexity index is 444. The predicted octanol–water partition coefficient (Wildman–Crippen LogP) is 3.78. The van der Waals surface area contributed by atoms with Gasteiger partial charge in [-0.05, 0) is 30.4 Å². The third-order valence-corrected chi connectivity index (χ3v) is 3.54. The summed E-state index contributed by atoms with van der Waals surface area (Å²) >= 11 is 5.57. The largest absolute Gasteiger partial charge is 0.433 e. The zero-order chi connectivity index (χ0) is 14.0. The maximum Gasteiger partial charge on any atom is 0.433 e. The summed E-state index contributed by atoms with van der Waals surface area (Å²) in [7, 11) is 1.73. The predicted molar refractivity (Wildman–Crippen MR) is 67.3 cm³/mol. The van der Waals surface area contributed by atoms with Gasteiger partial charge in [-0.15, -0.1) is 0 Å². The lowest BCUT2D eigenvalue weighted by atomic mass is 10.1. The van der Waals surface area contributed by atoms with Crippen LogP contribution >= 0.6 is 11.6 Å². The molecule has 106 valence electrons. The Kier molecular flexibility index (Phi) is 4.18. The minimum atomic E-state index is -4.50. The number of nitrogens with zero attached hydrogens (tertiary/aromatic N) is 3. The van der Waals surface area contributed by atoms with Crippen LogP contribution in [0.25, 0.3) is 0 Å². The summed E-state index contributed by atoms with van der Waals surface area (Å²) in [6.45, 7) is 0.699. The molecule has 1 fully saturated rings. The number of hydrogen-bond donors (Lipinski definition) is 0. The number of halogens is 4. The fraction of sp³-hybridized carbons (Fsp3) is 0.667. The van der Waals surface area contributed by atoms with Crippen molar-refractivity contribution in [3.05, 3.63) is 17.0 Å². The highest BCUT2D eigenvalue weighted by Gasteiger charge is 2.34. The molecule has 0 unspecified atom stereocenters. The summed E-state index contributed by atoms with van der Waals surface area (Å²) in [6, 6.07) is 0.945. The number of alkyl halides is 3. The molecule has 1 saturated carbocycles. The van der Waals surface area contributed by atoms with Crippen molar-refractivity contribution in [2.24, 2.45) is 5.92 Å². The molecule has 3 nitrogen and oxygen atoms in total. The van der Waals surface area contributed by atoms with Gasteiger partial charge < -0.3 is 4.90 Å². The van der Waals surface area contributed by atoms with Gasteiger partial charge in [0.2, 0.25) is 5.28 Å². The molecular weight excluding hydrogens is 279 g/mol. The second-order valence-corrected chi connectivity index (χ2v) is 5.25. The molecule has 0 N–H and O–H groups in total. The lowest BCUT2D eigenvalue weighted by molar-refractivity contribution is -0.141. The lowest BCUT2D eigenvalue weighted by Crippen LogP contribution is -2.25. The molecule has 1 aromatic heterocycles. The maximum atomic E-state index is 12.6. The maximum absolute atomic E-state index is 12.6. The van der Waals surface area contributed by atoms with E-state index in [0.29, 0.717) is 12.5 Å². The van der Waals surface area contributed by atoms with E-state index in [0.717, 1.165) is 18.9 Å². The van der Waals surface area contributed by atoms with Gasteiger partial charge in [0.15, 0.2) is 5.69 Å². The van der Waals surface area contributed by atoms with Crippen LogP contribution in [0.2, 0.25) is 5.28 Å². The van der Waals surface area contributed by atoms with Gasteiger partial charge in [-0.2, -0.15) is 13.2 Å². The Morgan fingerprint density at radius 2 is 1.95 bits per heavy atom. The van der Waals surface area contributed by atoms with Crippen LogP contribution in [-0.2, 0) is 6.18 Å². The summed E-state index contributed by atoms with van der Waals surface area (Å²) in [5.74, 6) is 0.743. The van der Waals surface area contributed by atoms with Crippen molar-refractivity contribution in [3.8, 4) is 0 Å². The molecule has 1 heterocycles. The van der Waals surface area contributed by atoms with E-state index in [1.807, 2.05) is 0 Å². The van der Waals surface area contributed by atoms with E-state index in [1.54, 1.807) is 11.9 Å². The lowest BCUT2D eigenvalue weighted by Gasteiger charge is -2.22. The average molecular weight is 294 g/mol. The molecule has 1 aliphatic rings. The third-order valence-electron chi connectivity index (χ3n) is 3.37. The molecule has 2 rings (SSSR count). The first-order valence-electron chi connectivity index (χ1n) is 6.19. The standard InChI is InChI=1S/C12H15ClF3N3/c1-19(7-8-4-2-3-5-8)10-6-9(12(14,15)16)17-11(13)18-10/h6,8H,2-5,7H2,1H3. The summed E-state index contributed by atoms with van der Waals surface area (Å²) in [6.07, 6.45) is 0.119. The highest BCUT2D eigenvalue weighted by atomic mass is 35.5. The third kappa shape index (κ3) is 3.72. The van der Waals surface area contributed by atoms with Crippen LogP contribution in [0.1, 0.15) is 31.4 Å². The molecule has 0 amide bonds. The first kappa shape index (κ1) is 14.4. The Hall–Kier alpha value is -1.04. The van der Waals surface area contributed by atoms with E-state index in [9.17, 15) is 13.2 Å². The fourth-order valence-corrected chi connectivity index (χ4v) is 2.60. The van der Waals surface area contributed by atoms with Gasteiger partial charge in [-0.25, -0.2) is 9.97 Å². The van der Waals surface area contributed by atoms with E-state index >= 15 is 0 Å². The van der Waals surface area contributed by atoms with Crippen LogP contribution < -0.4 is 4.90 Å². The highest BCUT2D eigenvalue weighted by Crippen LogP contribution is 2.31. The van der Waals surface area contributed by atoms with Crippen molar-refractivity contribution in [1.29, 1.82) is 0 Å². The molecule has 0 radical (unpaired) electrons. The zero-order valence-electron chi connectivity index (χ0n) is 10.5. The number of hydrogen-bond acceptors (Lipinski definition) is 3. The Morgan fingerprint density at radius 3 is 2.53 bits per heavy atom. The monoisotopic (exact) mass is 293 g/mol. The molecule has 0 aliphatic heterocycles. The number of rotatable bonds is 3. The minimum Gasteiger partial charge on any atom is -0.359 e. The molecule has 0 atom stereocenters. The van der Waals surface area contributed by atoms with E-state index in [4.69, 9.17) is 11.6 Å². The molecule has 19 heavy (non-hydrogen) atoms. The Balaban J connectivity index is 2.16. The van der Waals surface area contributed by atoms with E-state index in [-0.39, 0.29) is 11.1 Å². The van der Waals surface area contributed by atoms with Crippen molar-refractivity contribution in [3.63, 3.8) is 0 Å². The second kappa shape index (κ2) is 5.53. The molecule has 0 saturated heterocycles. The van der Waals surface area contributed by atoms with Gasteiger partial charge >= 0.3 is 6.18 Å². The number of anilines is 1. The Labute approximate surface area is 114 Å². The first-order chi connectivity index (χ1) is 8.86. The molecular formula is C12H15ClF3N3. The van der Waals surface area contributed by atoms with Gasteiger partial charge in [0.05, 0.1) is 0 Å². The summed E-state index contributed by atoms with van der Waals surface area (Å²) in [5.41, 5.74) is -0.999. The van der Waals surface area contributed by atoms with Gasteiger partial charge in [0, 0.05) is 19.7 Å². The van der Waals surface area contributed by atoms with Crippen LogP contribution in [0.5, 0.6) is 0 Å². The summed E-state index contributed by atoms with van der Waals surface area (Å²) in [5, 5.41) is -0.372. The van der Waals surface area contributed by atoms with Crippen molar-refractivity contribution >= 4 is 17.4 Å². The van der Waals surface area contributed by atoms with Crippen LogP contribution in [-0.4, -0.2) is 23.6 Å². The molecule has 7 heteroatoms. The van der Waals surface area contributed by atoms with Crippen LogP contribution in [0.3, 0.4) is 0 Å². The Morgan fingerprint density at radius 1 is 1.32 bits per heavy atom. The van der Waals surface area contributed by atoms with Crippen molar-refractivity contribution in [2.75, 3.05) is 18.5 Å². The minimum absolute atomic E-state index is 0.222. The van der Waals surface area contributed by atoms with E-state index < -0.39 is 11.9 Å². The van der Waals surface area contributed by atoms with Crippen LogP contribution in [0, 0.1) is 5.92 Å². The topological polar surface area (TPSA) is 29.0 Å². The molecule has 1 aliphatic carbocycles. The SMILES string of the molecule is CN(CC1CCCC1)c1cc(C(F)(F)F)nc(Cl)n1. The van der Waals surface area contributed by atoms with E-state index in [1.165, 1.54) is 12.8 Å². The molecule has 0 spiro atoms. The molecule has 1 aromatic rings. The zero-order valence-corrected chi connectivity index (χ0v) is 11.3. The van der Waals surface area contributed by atoms with Crippen molar-refractivity contribution in [2.45, 2.75) is 31.9 Å². The normalized spacial score (nSPS) is 16.9. The highest BCUT2D eigenvalue weighted by molar-refractivity contribution is 6.28. The summed E-state index contributed by atoms with van der Waals surface area (Å²) in [4.78, 5) is 8.81. The van der Waals surface area contributed by atoms with Gasteiger partial charge in [0.1, 0.15) is 5.82 Å². The smallest absolute Gasteiger partial charge is 0.359 e. The average Bonchev–Trinajstić information content (AvgIpc) is 2.79. The van der Waals surface area contributed by atoms with Crippen molar-refractivity contribution in [1.82, 2.24) is 9.97 Å². The second-order valence-electron chi connectivity index (χ2n) is 4.91. The quantitative estimate of drug-likeness (QED) is 0.794.